The van der Waals surface area contributed by atoms with Crippen LogP contribution in [0, 0.1) is 0 Å². The van der Waals surface area contributed by atoms with Crippen LogP contribution in [-0.2, 0) is 5.41 Å². The minimum atomic E-state index is 0.00679. The molecule has 2 nitrogen and oxygen atoms in total. The molecule has 3 heteroatoms. The first kappa shape index (κ1) is 23.5. The third-order valence-electron chi connectivity index (χ3n) is 11.0. The van der Waals surface area contributed by atoms with E-state index < -0.39 is 0 Å². The molecule has 2 atom stereocenters. The van der Waals surface area contributed by atoms with Crippen LogP contribution < -0.4 is 26.2 Å². The lowest BCUT2D eigenvalue weighted by molar-refractivity contribution is 0.195. The topological polar surface area (TPSA) is 6.48 Å². The Morgan fingerprint density at radius 2 is 1.24 bits per heavy atom. The molecule has 0 amide bonds. The summed E-state index contributed by atoms with van der Waals surface area (Å²) in [7, 11) is 0. The standard InChI is InChI=1S/C38H33BN2/c1-37-23-13-14-24-38(37,2)41(27-17-7-4-8-18-27)32-25-33-36-34(35(32)37)28-19-9-10-20-29(28)39(36)30-21-11-12-22-31(30)40(33)26-15-5-3-6-16-26/h3-12,15-22,25H,13-14,23-24H2,1-2H3. The van der Waals surface area contributed by atoms with Crippen molar-refractivity contribution in [1.82, 2.24) is 0 Å². The SMILES string of the molecule is CC12CCCCC1(C)N(c1ccccc1)c1cc3c4c(c12)-c1ccccc1B4c1ccccc1N3c1ccccc1. The molecule has 0 aromatic heterocycles. The Balaban J connectivity index is 1.45. The zero-order chi connectivity index (χ0) is 27.3. The predicted octanol–water partition coefficient (Wildman–Crippen LogP) is 7.71. The second kappa shape index (κ2) is 8.16. The highest BCUT2D eigenvalue weighted by molar-refractivity contribution is 7.01. The largest absolute Gasteiger partial charge is 0.334 e. The van der Waals surface area contributed by atoms with Gasteiger partial charge in [0.05, 0.1) is 5.54 Å². The summed E-state index contributed by atoms with van der Waals surface area (Å²) in [5.41, 5.74) is 15.5. The highest BCUT2D eigenvalue weighted by Gasteiger charge is 2.60. The van der Waals surface area contributed by atoms with E-state index in [1.54, 1.807) is 5.56 Å². The summed E-state index contributed by atoms with van der Waals surface area (Å²) >= 11 is 0. The highest BCUT2D eigenvalue weighted by Crippen LogP contribution is 2.64. The van der Waals surface area contributed by atoms with E-state index in [0.29, 0.717) is 0 Å². The van der Waals surface area contributed by atoms with Crippen LogP contribution in [0.1, 0.15) is 45.1 Å². The van der Waals surface area contributed by atoms with E-state index in [1.807, 2.05) is 0 Å². The molecule has 0 N–H and O–H groups in total. The van der Waals surface area contributed by atoms with Gasteiger partial charge in [-0.3, -0.25) is 0 Å². The number of hydrogen-bond donors (Lipinski definition) is 0. The first-order valence-electron chi connectivity index (χ1n) is 15.2. The molecule has 4 aliphatic rings. The third kappa shape index (κ3) is 2.84. The normalized spacial score (nSPS) is 23.0. The quantitative estimate of drug-likeness (QED) is 0.212. The average molecular weight is 529 g/mol. The van der Waals surface area contributed by atoms with Crippen LogP contribution in [-0.4, -0.2) is 12.3 Å². The summed E-state index contributed by atoms with van der Waals surface area (Å²) in [5, 5.41) is 0. The molecule has 198 valence electrons. The number of hydrogen-bond acceptors (Lipinski definition) is 2. The maximum absolute atomic E-state index is 2.73. The molecule has 3 aliphatic heterocycles. The molecule has 3 heterocycles. The molecule has 1 aliphatic carbocycles. The van der Waals surface area contributed by atoms with Gasteiger partial charge in [-0.2, -0.15) is 0 Å². The van der Waals surface area contributed by atoms with Crippen LogP contribution in [0.2, 0.25) is 0 Å². The van der Waals surface area contributed by atoms with Crippen molar-refractivity contribution in [1.29, 1.82) is 0 Å². The summed E-state index contributed by atoms with van der Waals surface area (Å²) in [6.45, 7) is 5.38. The van der Waals surface area contributed by atoms with Gasteiger partial charge in [0, 0.05) is 33.9 Å². The van der Waals surface area contributed by atoms with Crippen molar-refractivity contribution in [2.45, 2.75) is 50.5 Å². The molecule has 0 bridgehead atoms. The van der Waals surface area contributed by atoms with E-state index in [4.69, 9.17) is 0 Å². The summed E-state index contributed by atoms with van der Waals surface area (Å²) in [5.74, 6) is 0. The van der Waals surface area contributed by atoms with Gasteiger partial charge < -0.3 is 9.80 Å². The molecule has 5 aromatic carbocycles. The zero-order valence-electron chi connectivity index (χ0n) is 23.8. The highest BCUT2D eigenvalue weighted by atomic mass is 15.3. The molecule has 2 unspecified atom stereocenters. The Hall–Kier alpha value is -4.24. The number of rotatable bonds is 2. The molecule has 5 aromatic rings. The number of para-hydroxylation sites is 3. The number of nitrogens with zero attached hydrogens (tertiary/aromatic N) is 2. The molecular weight excluding hydrogens is 495 g/mol. The van der Waals surface area contributed by atoms with Gasteiger partial charge >= 0.3 is 0 Å². The average Bonchev–Trinajstić information content (AvgIpc) is 3.46. The number of anilines is 5. The molecule has 0 radical (unpaired) electrons. The lowest BCUT2D eigenvalue weighted by Crippen LogP contribution is -2.55. The lowest BCUT2D eigenvalue weighted by Gasteiger charge is -2.50. The molecule has 41 heavy (non-hydrogen) atoms. The zero-order valence-corrected chi connectivity index (χ0v) is 23.8. The van der Waals surface area contributed by atoms with Crippen molar-refractivity contribution in [2.24, 2.45) is 0 Å². The predicted molar refractivity (Wildman–Crippen MR) is 174 cm³/mol. The Morgan fingerprint density at radius 1 is 0.610 bits per heavy atom. The second-order valence-electron chi connectivity index (χ2n) is 12.8. The molecule has 9 rings (SSSR count). The van der Waals surface area contributed by atoms with Gasteiger partial charge in [0.25, 0.3) is 0 Å². The van der Waals surface area contributed by atoms with Crippen molar-refractivity contribution in [3.63, 3.8) is 0 Å². The van der Waals surface area contributed by atoms with E-state index >= 15 is 0 Å². The van der Waals surface area contributed by atoms with Crippen molar-refractivity contribution >= 4 is 51.5 Å². The number of benzene rings is 5. The van der Waals surface area contributed by atoms with Gasteiger partial charge in [0.1, 0.15) is 0 Å². The van der Waals surface area contributed by atoms with Crippen molar-refractivity contribution in [2.75, 3.05) is 9.80 Å². The van der Waals surface area contributed by atoms with Crippen molar-refractivity contribution in [3.8, 4) is 11.1 Å². The minimum Gasteiger partial charge on any atom is -0.334 e. The lowest BCUT2D eigenvalue weighted by atomic mass is 9.37. The fourth-order valence-electron chi connectivity index (χ4n) is 9.05. The van der Waals surface area contributed by atoms with Crippen LogP contribution in [0.3, 0.4) is 0 Å². The fourth-order valence-corrected chi connectivity index (χ4v) is 9.05. The van der Waals surface area contributed by atoms with Gasteiger partial charge in [-0.1, -0.05) is 104 Å². The summed E-state index contributed by atoms with van der Waals surface area (Å²) < 4.78 is 0. The maximum Gasteiger partial charge on any atom is 0.248 e. The van der Waals surface area contributed by atoms with Crippen LogP contribution in [0.4, 0.5) is 28.4 Å². The number of fused-ring (bicyclic) bond motifs is 9. The molecule has 0 saturated heterocycles. The molecular formula is C38H33BN2. The third-order valence-corrected chi connectivity index (χ3v) is 11.0. The van der Waals surface area contributed by atoms with Gasteiger partial charge in [-0.15, -0.1) is 0 Å². The maximum atomic E-state index is 2.73. The van der Waals surface area contributed by atoms with E-state index in [2.05, 4.69) is 139 Å². The van der Waals surface area contributed by atoms with Gasteiger partial charge in [0.2, 0.25) is 6.71 Å². The first-order chi connectivity index (χ1) is 20.1. The first-order valence-corrected chi connectivity index (χ1v) is 15.2. The van der Waals surface area contributed by atoms with Gasteiger partial charge in [0.15, 0.2) is 0 Å². The minimum absolute atomic E-state index is 0.00679. The molecule has 1 saturated carbocycles. The summed E-state index contributed by atoms with van der Waals surface area (Å²) in [6.07, 6.45) is 4.98. The second-order valence-corrected chi connectivity index (χ2v) is 12.8. The molecule has 1 fully saturated rings. The summed E-state index contributed by atoms with van der Waals surface area (Å²) in [4.78, 5) is 5.27. The van der Waals surface area contributed by atoms with E-state index in [9.17, 15) is 0 Å². The van der Waals surface area contributed by atoms with Crippen LogP contribution >= 0.6 is 0 Å². The van der Waals surface area contributed by atoms with E-state index in [1.165, 1.54) is 81.6 Å². The molecule has 0 spiro atoms. The van der Waals surface area contributed by atoms with Crippen molar-refractivity contribution < 1.29 is 0 Å². The van der Waals surface area contributed by atoms with Crippen molar-refractivity contribution in [3.05, 3.63) is 121 Å². The summed E-state index contributed by atoms with van der Waals surface area (Å²) in [6, 6.07) is 43.1. The van der Waals surface area contributed by atoms with Gasteiger partial charge in [-0.05, 0) is 83.8 Å². The Bertz CT molecular complexity index is 1850. The Kier molecular flexibility index (Phi) is 4.67. The van der Waals surface area contributed by atoms with Crippen LogP contribution in [0.15, 0.2) is 115 Å². The monoisotopic (exact) mass is 528 g/mol. The van der Waals surface area contributed by atoms with Crippen LogP contribution in [0.25, 0.3) is 11.1 Å². The van der Waals surface area contributed by atoms with E-state index in [0.717, 1.165) is 0 Å². The Morgan fingerprint density at radius 3 is 2.02 bits per heavy atom. The van der Waals surface area contributed by atoms with Crippen LogP contribution in [0.5, 0.6) is 0 Å². The van der Waals surface area contributed by atoms with E-state index in [-0.39, 0.29) is 17.7 Å². The van der Waals surface area contributed by atoms with Gasteiger partial charge in [-0.25, -0.2) is 0 Å². The fraction of sp³-hybridized carbons (Fsp3) is 0.211. The smallest absolute Gasteiger partial charge is 0.248 e. The Labute approximate surface area is 243 Å².